The summed E-state index contributed by atoms with van der Waals surface area (Å²) in [5.74, 6) is 0.676. The first-order chi connectivity index (χ1) is 16.4. The number of hydrogen-bond donors (Lipinski definition) is 4. The third-order valence-corrected chi connectivity index (χ3v) is 11.3. The van der Waals surface area contributed by atoms with E-state index in [1.165, 1.54) is 0 Å². The van der Waals surface area contributed by atoms with Gasteiger partial charge in [0.25, 0.3) is 0 Å². The Labute approximate surface area is 211 Å². The number of ether oxygens (including phenoxy) is 1. The molecule has 4 rings (SSSR count). The lowest BCUT2D eigenvalue weighted by molar-refractivity contribution is -0.162. The van der Waals surface area contributed by atoms with Gasteiger partial charge < -0.3 is 25.2 Å². The molecular formula is C29H48O6. The van der Waals surface area contributed by atoms with Crippen molar-refractivity contribution in [3.8, 4) is 0 Å². The maximum Gasteiger partial charge on any atom is 0.309 e. The molecule has 3 saturated carbocycles. The van der Waals surface area contributed by atoms with Crippen molar-refractivity contribution in [2.45, 2.75) is 104 Å². The van der Waals surface area contributed by atoms with Gasteiger partial charge in [-0.05, 0) is 97.4 Å². The highest BCUT2D eigenvalue weighted by molar-refractivity contribution is 5.74. The molecular weight excluding hydrogens is 444 g/mol. The van der Waals surface area contributed by atoms with E-state index in [-0.39, 0.29) is 58.7 Å². The van der Waals surface area contributed by atoms with Crippen molar-refractivity contribution in [1.82, 2.24) is 0 Å². The second kappa shape index (κ2) is 9.74. The monoisotopic (exact) mass is 492 g/mol. The quantitative estimate of drug-likeness (QED) is 0.344. The highest BCUT2D eigenvalue weighted by Gasteiger charge is 2.63. The van der Waals surface area contributed by atoms with Crippen LogP contribution < -0.4 is 0 Å². The molecule has 4 N–H and O–H groups in total. The molecule has 35 heavy (non-hydrogen) atoms. The molecule has 0 aromatic carbocycles. The predicted octanol–water partition coefficient (Wildman–Crippen LogP) is 3.70. The first-order valence-electron chi connectivity index (χ1n) is 13.9. The minimum atomic E-state index is -0.872. The molecule has 4 fully saturated rings. The van der Waals surface area contributed by atoms with E-state index >= 15 is 0 Å². The van der Waals surface area contributed by atoms with E-state index in [1.54, 1.807) is 0 Å². The summed E-state index contributed by atoms with van der Waals surface area (Å²) in [5.41, 5.74) is 0.515. The molecule has 3 aliphatic carbocycles. The van der Waals surface area contributed by atoms with Gasteiger partial charge in [0.05, 0.1) is 30.8 Å². The number of aliphatic hydroxyl groups is 4. The van der Waals surface area contributed by atoms with Gasteiger partial charge in [0.15, 0.2) is 0 Å². The van der Waals surface area contributed by atoms with Crippen LogP contribution in [0, 0.1) is 52.3 Å². The van der Waals surface area contributed by atoms with Crippen molar-refractivity contribution in [2.24, 2.45) is 52.3 Å². The van der Waals surface area contributed by atoms with Crippen LogP contribution in [0.15, 0.2) is 11.6 Å². The van der Waals surface area contributed by atoms with E-state index < -0.39 is 24.4 Å². The smallest absolute Gasteiger partial charge is 0.309 e. The normalized spacial score (nSPS) is 46.7. The lowest BCUT2D eigenvalue weighted by atomic mass is 9.48. The zero-order valence-corrected chi connectivity index (χ0v) is 22.5. The van der Waals surface area contributed by atoms with Crippen molar-refractivity contribution >= 4 is 5.97 Å². The molecule has 200 valence electrons. The van der Waals surface area contributed by atoms with E-state index in [2.05, 4.69) is 20.8 Å². The fourth-order valence-electron chi connectivity index (χ4n) is 9.26. The molecule has 4 unspecified atom stereocenters. The second-order valence-corrected chi connectivity index (χ2v) is 13.1. The molecule has 0 bridgehead atoms. The minimum absolute atomic E-state index is 0.00457. The fourth-order valence-corrected chi connectivity index (χ4v) is 9.26. The Kier molecular flexibility index (Phi) is 7.54. The topological polar surface area (TPSA) is 107 Å². The van der Waals surface area contributed by atoms with E-state index in [4.69, 9.17) is 4.74 Å². The Hall–Kier alpha value is -0.950. The van der Waals surface area contributed by atoms with E-state index in [0.29, 0.717) is 18.9 Å². The van der Waals surface area contributed by atoms with Crippen LogP contribution in [0.2, 0.25) is 0 Å². The number of carbonyl (C=O) groups is 1. The maximum atomic E-state index is 13.0. The van der Waals surface area contributed by atoms with Crippen LogP contribution in [0.4, 0.5) is 0 Å². The molecule has 1 heterocycles. The van der Waals surface area contributed by atoms with Crippen molar-refractivity contribution < 1.29 is 30.0 Å². The van der Waals surface area contributed by atoms with E-state index in [1.807, 2.05) is 26.8 Å². The number of hydrogen-bond acceptors (Lipinski definition) is 6. The van der Waals surface area contributed by atoms with Crippen LogP contribution in [0.25, 0.3) is 0 Å². The second-order valence-electron chi connectivity index (χ2n) is 13.1. The first kappa shape index (κ1) is 27.1. The van der Waals surface area contributed by atoms with Crippen molar-refractivity contribution in [1.29, 1.82) is 0 Å². The molecule has 6 nitrogen and oxygen atoms in total. The Bertz CT molecular complexity index is 824. The maximum absolute atomic E-state index is 13.0. The number of fused-ring (bicyclic) bond motifs is 5. The molecule has 6 heteroatoms. The van der Waals surface area contributed by atoms with Gasteiger partial charge in [-0.2, -0.15) is 0 Å². The molecule has 0 spiro atoms. The van der Waals surface area contributed by atoms with E-state index in [0.717, 1.165) is 31.3 Å². The fraction of sp³-hybridized carbons (Fsp3) is 0.897. The third-order valence-electron chi connectivity index (χ3n) is 11.3. The lowest BCUT2D eigenvalue weighted by Gasteiger charge is -2.56. The highest BCUT2D eigenvalue weighted by Crippen LogP contribution is 2.66. The Morgan fingerprint density at radius 3 is 2.31 bits per heavy atom. The summed E-state index contributed by atoms with van der Waals surface area (Å²) < 4.78 is 5.87. The largest absolute Gasteiger partial charge is 0.465 e. The summed E-state index contributed by atoms with van der Waals surface area (Å²) in [6.45, 7) is 13.0. The molecule has 0 aromatic heterocycles. The van der Waals surface area contributed by atoms with Gasteiger partial charge in [-0.1, -0.05) is 40.7 Å². The highest BCUT2D eigenvalue weighted by atomic mass is 16.5. The average Bonchev–Trinajstić information content (AvgIpc) is 3.11. The van der Waals surface area contributed by atoms with Crippen LogP contribution in [0.3, 0.4) is 0 Å². The van der Waals surface area contributed by atoms with Crippen molar-refractivity contribution in [2.75, 3.05) is 6.61 Å². The molecule has 12 atom stereocenters. The average molecular weight is 493 g/mol. The van der Waals surface area contributed by atoms with Crippen LogP contribution in [-0.4, -0.2) is 57.4 Å². The van der Waals surface area contributed by atoms with Gasteiger partial charge in [0.2, 0.25) is 0 Å². The molecule has 1 aliphatic heterocycles. The van der Waals surface area contributed by atoms with Crippen LogP contribution in [0.1, 0.15) is 80.1 Å². The van der Waals surface area contributed by atoms with Crippen LogP contribution >= 0.6 is 0 Å². The number of rotatable bonds is 5. The Morgan fingerprint density at radius 1 is 1.03 bits per heavy atom. The van der Waals surface area contributed by atoms with Gasteiger partial charge in [0, 0.05) is 0 Å². The number of allylic oxidation sites excluding steroid dienone is 1. The number of aliphatic hydroxyl groups excluding tert-OH is 4. The molecule has 4 aliphatic rings. The Balaban J connectivity index is 1.58. The Morgan fingerprint density at radius 2 is 1.69 bits per heavy atom. The number of cyclic esters (lactones) is 1. The standard InChI is InChI=1S/C29H48O6/c1-7-17(15(2)3)26(33)25(32)16(4)19-8-9-20-18-14-35-27(34)22-12-23(30)24(31)13-29(22,6)21(18)10-11-28(19,20)5/h7,15-16,18-26,30-33H,8-14H2,1-6H3/t16-,18?,19+,20?,21?,22?,23-,24+,25+,26+,28+,29+/m0/s1. The van der Waals surface area contributed by atoms with Gasteiger partial charge in [-0.25, -0.2) is 0 Å². The van der Waals surface area contributed by atoms with Gasteiger partial charge >= 0.3 is 5.97 Å². The summed E-state index contributed by atoms with van der Waals surface area (Å²) in [5, 5.41) is 43.1. The molecule has 0 radical (unpaired) electrons. The lowest BCUT2D eigenvalue weighted by Crippen LogP contribution is -2.55. The number of esters is 1. The summed E-state index contributed by atoms with van der Waals surface area (Å²) >= 11 is 0. The molecule has 0 amide bonds. The minimum Gasteiger partial charge on any atom is -0.465 e. The SMILES string of the molecule is CC=C(C(C)C)[C@@H](O)[C@H](O)[C@@H](C)[C@H]1CCC2C3COC(=O)C4C[C@H](O)[C@H](O)C[C@]4(C)C3CC[C@@]21C. The van der Waals surface area contributed by atoms with Gasteiger partial charge in [-0.15, -0.1) is 0 Å². The van der Waals surface area contributed by atoms with Crippen LogP contribution in [0.5, 0.6) is 0 Å². The molecule has 1 saturated heterocycles. The summed E-state index contributed by atoms with van der Waals surface area (Å²) in [6.07, 6.45) is 3.28. The van der Waals surface area contributed by atoms with Crippen molar-refractivity contribution in [3.63, 3.8) is 0 Å². The van der Waals surface area contributed by atoms with Crippen LogP contribution in [-0.2, 0) is 9.53 Å². The molecule has 0 aromatic rings. The van der Waals surface area contributed by atoms with Gasteiger partial charge in [-0.3, -0.25) is 4.79 Å². The van der Waals surface area contributed by atoms with E-state index in [9.17, 15) is 25.2 Å². The van der Waals surface area contributed by atoms with Crippen molar-refractivity contribution in [3.05, 3.63) is 11.6 Å². The zero-order chi connectivity index (χ0) is 25.9. The zero-order valence-electron chi connectivity index (χ0n) is 22.5. The predicted molar refractivity (Wildman–Crippen MR) is 134 cm³/mol. The first-order valence-corrected chi connectivity index (χ1v) is 13.9. The summed E-state index contributed by atoms with van der Waals surface area (Å²) in [6, 6.07) is 0. The van der Waals surface area contributed by atoms with Gasteiger partial charge in [0.1, 0.15) is 6.10 Å². The summed E-state index contributed by atoms with van der Waals surface area (Å²) in [4.78, 5) is 13.0. The third kappa shape index (κ3) is 4.30. The summed E-state index contributed by atoms with van der Waals surface area (Å²) in [7, 11) is 0. The number of carbonyl (C=O) groups excluding carboxylic acids is 1.